The third kappa shape index (κ3) is 3.19. The van der Waals surface area contributed by atoms with E-state index in [4.69, 9.17) is 11.6 Å². The first-order chi connectivity index (χ1) is 9.08. The average Bonchev–Trinajstić information content (AvgIpc) is 2.86. The van der Waals surface area contributed by atoms with Gasteiger partial charge in [0.1, 0.15) is 17.3 Å². The van der Waals surface area contributed by atoms with Gasteiger partial charge in [-0.2, -0.15) is 0 Å². The molecule has 1 aromatic heterocycles. The van der Waals surface area contributed by atoms with Crippen molar-refractivity contribution in [2.24, 2.45) is 0 Å². The zero-order chi connectivity index (χ0) is 13.8. The molecule has 2 rings (SSSR count). The Morgan fingerprint density at radius 2 is 2.32 bits per heavy atom. The van der Waals surface area contributed by atoms with E-state index in [2.05, 4.69) is 15.3 Å². The summed E-state index contributed by atoms with van der Waals surface area (Å²) in [6, 6.07) is 2.01. The molecule has 0 fully saturated rings. The molecule has 0 radical (unpaired) electrons. The van der Waals surface area contributed by atoms with Gasteiger partial charge in [0.2, 0.25) is 0 Å². The number of H-pyrrole nitrogens is 1. The predicted octanol–water partition coefficient (Wildman–Crippen LogP) is 2.76. The number of nitrogens with one attached hydrogen (secondary N) is 2. The van der Waals surface area contributed by atoms with Crippen LogP contribution in [0.2, 0.25) is 5.02 Å². The molecule has 0 bridgehead atoms. The summed E-state index contributed by atoms with van der Waals surface area (Å²) in [5.74, 6) is 0.0392. The Bertz CT molecular complexity index is 589. The molecule has 0 saturated carbocycles. The van der Waals surface area contributed by atoms with Crippen LogP contribution < -0.4 is 5.32 Å². The van der Waals surface area contributed by atoms with Gasteiger partial charge in [-0.1, -0.05) is 11.6 Å². The molecule has 1 heterocycles. The van der Waals surface area contributed by atoms with Gasteiger partial charge in [-0.05, 0) is 0 Å². The van der Waals surface area contributed by atoms with Gasteiger partial charge in [-0.25, -0.2) is 9.37 Å². The molecule has 8 heteroatoms. The van der Waals surface area contributed by atoms with Crippen LogP contribution in [-0.4, -0.2) is 21.4 Å². The normalized spacial score (nSPS) is 10.4. The molecule has 2 N–H and O–H groups in total. The molecule has 0 aliphatic carbocycles. The summed E-state index contributed by atoms with van der Waals surface area (Å²) < 4.78 is 13.3. The number of hydrogen-bond donors (Lipinski definition) is 2. The van der Waals surface area contributed by atoms with Crippen LogP contribution in [0.5, 0.6) is 0 Å². The molecule has 19 heavy (non-hydrogen) atoms. The lowest BCUT2D eigenvalue weighted by Crippen LogP contribution is -2.08. The van der Waals surface area contributed by atoms with Crippen molar-refractivity contribution >= 4 is 23.0 Å². The summed E-state index contributed by atoms with van der Waals surface area (Å²) >= 11 is 5.52. The van der Waals surface area contributed by atoms with Gasteiger partial charge >= 0.3 is 0 Å². The number of hydrogen-bond acceptors (Lipinski definition) is 4. The number of nitro benzene ring substituents is 1. The molecule has 100 valence electrons. The lowest BCUT2D eigenvalue weighted by atomic mass is 10.2. The van der Waals surface area contributed by atoms with E-state index in [9.17, 15) is 14.5 Å². The van der Waals surface area contributed by atoms with Crippen molar-refractivity contribution in [1.29, 1.82) is 0 Å². The molecule has 0 amide bonds. The fourth-order valence-electron chi connectivity index (χ4n) is 1.58. The number of nitrogens with zero attached hydrogens (tertiary/aromatic N) is 2. The first-order valence-electron chi connectivity index (χ1n) is 5.43. The number of halogens is 2. The van der Waals surface area contributed by atoms with Crippen LogP contribution >= 0.6 is 11.6 Å². The van der Waals surface area contributed by atoms with Crippen molar-refractivity contribution in [2.75, 3.05) is 11.9 Å². The first kappa shape index (κ1) is 13.3. The highest BCUT2D eigenvalue weighted by Gasteiger charge is 2.17. The fraction of sp³-hybridized carbons (Fsp3) is 0.182. The number of imidazole rings is 1. The second kappa shape index (κ2) is 5.66. The van der Waals surface area contributed by atoms with Crippen LogP contribution in [0, 0.1) is 15.9 Å². The topological polar surface area (TPSA) is 83.8 Å². The minimum absolute atomic E-state index is 0.0958. The zero-order valence-corrected chi connectivity index (χ0v) is 10.4. The molecular weight excluding hydrogens is 275 g/mol. The van der Waals surface area contributed by atoms with E-state index in [0.29, 0.717) is 13.0 Å². The number of nitro groups is 1. The highest BCUT2D eigenvalue weighted by molar-refractivity contribution is 6.31. The minimum atomic E-state index is -0.701. The number of aromatic nitrogens is 2. The van der Waals surface area contributed by atoms with Gasteiger partial charge < -0.3 is 10.3 Å². The van der Waals surface area contributed by atoms with Crippen LogP contribution in [0.25, 0.3) is 0 Å². The Morgan fingerprint density at radius 1 is 1.53 bits per heavy atom. The van der Waals surface area contributed by atoms with Crippen LogP contribution in [0.4, 0.5) is 15.8 Å². The van der Waals surface area contributed by atoms with E-state index in [-0.39, 0.29) is 16.4 Å². The minimum Gasteiger partial charge on any atom is -0.379 e. The summed E-state index contributed by atoms with van der Waals surface area (Å²) in [5, 5.41) is 13.4. The van der Waals surface area contributed by atoms with Gasteiger partial charge in [0.15, 0.2) is 0 Å². The van der Waals surface area contributed by atoms with Crippen molar-refractivity contribution in [2.45, 2.75) is 6.42 Å². The second-order valence-corrected chi connectivity index (χ2v) is 4.16. The highest BCUT2D eigenvalue weighted by atomic mass is 35.5. The van der Waals surface area contributed by atoms with Gasteiger partial charge in [0.25, 0.3) is 5.69 Å². The smallest absolute Gasteiger partial charge is 0.294 e. The van der Waals surface area contributed by atoms with E-state index in [1.54, 1.807) is 12.4 Å². The molecule has 0 atom stereocenters. The molecule has 2 aromatic rings. The van der Waals surface area contributed by atoms with Gasteiger partial charge in [-0.15, -0.1) is 0 Å². The third-order valence-corrected chi connectivity index (χ3v) is 2.76. The molecule has 0 spiro atoms. The number of rotatable bonds is 5. The molecule has 0 saturated heterocycles. The molecule has 6 nitrogen and oxygen atoms in total. The Morgan fingerprint density at radius 3 is 2.95 bits per heavy atom. The maximum absolute atomic E-state index is 13.3. The highest BCUT2D eigenvalue weighted by Crippen LogP contribution is 2.30. The molecule has 0 aliphatic heterocycles. The summed E-state index contributed by atoms with van der Waals surface area (Å²) in [6.45, 7) is 0.384. The Balaban J connectivity index is 2.10. The zero-order valence-electron chi connectivity index (χ0n) is 9.69. The van der Waals surface area contributed by atoms with Crippen molar-refractivity contribution in [3.05, 3.63) is 51.3 Å². The van der Waals surface area contributed by atoms with E-state index >= 15 is 0 Å². The molecule has 0 aliphatic rings. The van der Waals surface area contributed by atoms with E-state index < -0.39 is 10.7 Å². The standard InChI is InChI=1S/C11H10ClFN4O2/c12-7-5-10(17(18)19)9(6-8(7)13)14-2-1-11-15-3-4-16-11/h3-6,14H,1-2H2,(H,15,16). The van der Waals surface area contributed by atoms with E-state index in [1.165, 1.54) is 0 Å². The van der Waals surface area contributed by atoms with Crippen LogP contribution in [0.15, 0.2) is 24.5 Å². The van der Waals surface area contributed by atoms with Gasteiger partial charge in [0.05, 0.1) is 9.95 Å². The molecular formula is C11H10ClFN4O2. The first-order valence-corrected chi connectivity index (χ1v) is 5.81. The Hall–Kier alpha value is -2.15. The fourth-order valence-corrected chi connectivity index (χ4v) is 1.74. The molecule has 1 aromatic carbocycles. The van der Waals surface area contributed by atoms with Crippen LogP contribution in [-0.2, 0) is 6.42 Å². The quantitative estimate of drug-likeness (QED) is 0.653. The van der Waals surface area contributed by atoms with Crippen LogP contribution in [0.3, 0.4) is 0 Å². The summed E-state index contributed by atoms with van der Waals surface area (Å²) in [7, 11) is 0. The number of benzene rings is 1. The van der Waals surface area contributed by atoms with E-state index in [1.807, 2.05) is 0 Å². The predicted molar refractivity (Wildman–Crippen MR) is 68.8 cm³/mol. The van der Waals surface area contributed by atoms with Crippen molar-refractivity contribution in [3.63, 3.8) is 0 Å². The second-order valence-electron chi connectivity index (χ2n) is 3.75. The van der Waals surface area contributed by atoms with Crippen molar-refractivity contribution in [3.8, 4) is 0 Å². The maximum Gasteiger partial charge on any atom is 0.294 e. The largest absolute Gasteiger partial charge is 0.379 e. The third-order valence-electron chi connectivity index (χ3n) is 2.47. The summed E-state index contributed by atoms with van der Waals surface area (Å²) in [6.07, 6.45) is 3.83. The molecule has 0 unspecified atom stereocenters. The van der Waals surface area contributed by atoms with Gasteiger partial charge in [-0.3, -0.25) is 10.1 Å². The average molecular weight is 285 g/mol. The summed E-state index contributed by atoms with van der Waals surface area (Å²) in [4.78, 5) is 17.1. The van der Waals surface area contributed by atoms with Gasteiger partial charge in [0, 0.05) is 37.5 Å². The number of aromatic amines is 1. The Kier molecular flexibility index (Phi) is 3.96. The number of anilines is 1. The lowest BCUT2D eigenvalue weighted by molar-refractivity contribution is -0.384. The van der Waals surface area contributed by atoms with Crippen molar-refractivity contribution < 1.29 is 9.31 Å². The van der Waals surface area contributed by atoms with E-state index in [0.717, 1.165) is 18.0 Å². The summed E-state index contributed by atoms with van der Waals surface area (Å²) in [5.41, 5.74) is -0.163. The lowest BCUT2D eigenvalue weighted by Gasteiger charge is -2.07. The van der Waals surface area contributed by atoms with Crippen LogP contribution in [0.1, 0.15) is 5.82 Å². The monoisotopic (exact) mass is 284 g/mol. The SMILES string of the molecule is O=[N+]([O-])c1cc(Cl)c(F)cc1NCCc1ncc[nH]1. The maximum atomic E-state index is 13.3. The van der Waals surface area contributed by atoms with Crippen molar-refractivity contribution in [1.82, 2.24) is 9.97 Å². The Labute approximate surface area is 112 Å².